The van der Waals surface area contributed by atoms with E-state index in [4.69, 9.17) is 14.2 Å². The molecular formula is C15H19NO5. The van der Waals surface area contributed by atoms with Gasteiger partial charge in [-0.25, -0.2) is 0 Å². The number of carbonyl (C=O) groups excluding carboxylic acids is 1. The largest absolute Gasteiger partial charge is 0.469 e. The van der Waals surface area contributed by atoms with Crippen molar-refractivity contribution in [2.75, 3.05) is 33.6 Å². The third-order valence-electron chi connectivity index (χ3n) is 3.69. The zero-order valence-electron chi connectivity index (χ0n) is 12.0. The molecule has 1 unspecified atom stereocenters. The highest BCUT2D eigenvalue weighted by Crippen LogP contribution is 2.32. The number of fused-ring (bicyclic) bond motifs is 1. The summed E-state index contributed by atoms with van der Waals surface area (Å²) in [6, 6.07) is 5.98. The molecule has 1 aromatic carbocycles. The van der Waals surface area contributed by atoms with Crippen LogP contribution in [0.25, 0.3) is 0 Å². The number of benzene rings is 1. The average Bonchev–Trinajstić information content (AvgIpc) is 2.95. The van der Waals surface area contributed by atoms with Gasteiger partial charge in [0.05, 0.1) is 26.2 Å². The lowest BCUT2D eigenvalue weighted by atomic mass is 10.1. The number of methoxy groups -OCH3 is 1. The van der Waals surface area contributed by atoms with Crippen LogP contribution < -0.4 is 9.47 Å². The van der Waals surface area contributed by atoms with Gasteiger partial charge < -0.3 is 18.9 Å². The van der Waals surface area contributed by atoms with E-state index >= 15 is 0 Å². The van der Waals surface area contributed by atoms with Gasteiger partial charge in [-0.2, -0.15) is 0 Å². The number of nitrogens with zero attached hydrogens (tertiary/aromatic N) is 1. The Morgan fingerprint density at radius 3 is 3.10 bits per heavy atom. The van der Waals surface area contributed by atoms with E-state index in [0.29, 0.717) is 13.0 Å². The molecule has 2 aliphatic rings. The van der Waals surface area contributed by atoms with Crippen LogP contribution in [-0.4, -0.2) is 50.6 Å². The van der Waals surface area contributed by atoms with Crippen LogP contribution in [0.2, 0.25) is 0 Å². The van der Waals surface area contributed by atoms with Gasteiger partial charge in [0, 0.05) is 19.6 Å². The number of morpholine rings is 1. The summed E-state index contributed by atoms with van der Waals surface area (Å²) < 4.78 is 21.0. The SMILES string of the molecule is COC(=O)CC1CN(Cc2ccc3c(c2)OCO3)CCO1. The quantitative estimate of drug-likeness (QED) is 0.777. The molecule has 1 atom stereocenters. The highest BCUT2D eigenvalue weighted by atomic mass is 16.7. The smallest absolute Gasteiger partial charge is 0.308 e. The number of esters is 1. The summed E-state index contributed by atoms with van der Waals surface area (Å²) in [6.07, 6.45) is 0.203. The molecule has 6 nitrogen and oxygen atoms in total. The van der Waals surface area contributed by atoms with E-state index in [1.807, 2.05) is 18.2 Å². The molecule has 21 heavy (non-hydrogen) atoms. The fourth-order valence-corrected chi connectivity index (χ4v) is 2.61. The second-order valence-corrected chi connectivity index (χ2v) is 5.20. The number of ether oxygens (including phenoxy) is 4. The molecule has 0 N–H and O–H groups in total. The zero-order chi connectivity index (χ0) is 14.7. The van der Waals surface area contributed by atoms with E-state index in [9.17, 15) is 4.79 Å². The molecule has 0 amide bonds. The molecule has 1 aromatic rings. The van der Waals surface area contributed by atoms with Gasteiger partial charge in [-0.1, -0.05) is 6.07 Å². The number of carbonyl (C=O) groups is 1. The van der Waals surface area contributed by atoms with E-state index in [0.717, 1.165) is 36.7 Å². The van der Waals surface area contributed by atoms with Crippen molar-refractivity contribution in [3.63, 3.8) is 0 Å². The molecule has 0 aliphatic carbocycles. The summed E-state index contributed by atoms with van der Waals surface area (Å²) in [5, 5.41) is 0. The average molecular weight is 293 g/mol. The van der Waals surface area contributed by atoms with E-state index in [2.05, 4.69) is 9.64 Å². The number of rotatable bonds is 4. The van der Waals surface area contributed by atoms with E-state index in [-0.39, 0.29) is 18.9 Å². The lowest BCUT2D eigenvalue weighted by Gasteiger charge is -2.32. The highest BCUT2D eigenvalue weighted by Gasteiger charge is 2.23. The molecule has 6 heteroatoms. The van der Waals surface area contributed by atoms with Gasteiger partial charge in [0.25, 0.3) is 0 Å². The van der Waals surface area contributed by atoms with Crippen molar-refractivity contribution >= 4 is 5.97 Å². The minimum atomic E-state index is -0.232. The molecule has 2 aliphatic heterocycles. The Balaban J connectivity index is 1.58. The van der Waals surface area contributed by atoms with Crippen molar-refractivity contribution in [2.24, 2.45) is 0 Å². The Bertz CT molecular complexity index is 519. The van der Waals surface area contributed by atoms with Crippen molar-refractivity contribution in [3.8, 4) is 11.5 Å². The summed E-state index contributed by atoms with van der Waals surface area (Å²) >= 11 is 0. The van der Waals surface area contributed by atoms with E-state index in [1.54, 1.807) is 0 Å². The summed E-state index contributed by atoms with van der Waals surface area (Å²) in [4.78, 5) is 13.6. The van der Waals surface area contributed by atoms with Crippen molar-refractivity contribution in [3.05, 3.63) is 23.8 Å². The minimum Gasteiger partial charge on any atom is -0.469 e. The summed E-state index contributed by atoms with van der Waals surface area (Å²) in [5.74, 6) is 1.36. The normalized spacial score (nSPS) is 21.3. The Hall–Kier alpha value is -1.79. The summed E-state index contributed by atoms with van der Waals surface area (Å²) in [6.45, 7) is 3.30. The molecular weight excluding hydrogens is 274 g/mol. The van der Waals surface area contributed by atoms with E-state index in [1.165, 1.54) is 7.11 Å². The minimum absolute atomic E-state index is 0.0970. The van der Waals surface area contributed by atoms with Gasteiger partial charge in [-0.05, 0) is 17.7 Å². The Morgan fingerprint density at radius 2 is 2.24 bits per heavy atom. The van der Waals surface area contributed by atoms with Crippen molar-refractivity contribution in [2.45, 2.75) is 19.1 Å². The molecule has 0 radical (unpaired) electrons. The van der Waals surface area contributed by atoms with Gasteiger partial charge in [0.15, 0.2) is 11.5 Å². The third-order valence-corrected chi connectivity index (χ3v) is 3.69. The lowest BCUT2D eigenvalue weighted by Crippen LogP contribution is -2.42. The van der Waals surface area contributed by atoms with Crippen molar-refractivity contribution < 1.29 is 23.7 Å². The van der Waals surface area contributed by atoms with Gasteiger partial charge in [0.1, 0.15) is 0 Å². The monoisotopic (exact) mass is 293 g/mol. The maximum atomic E-state index is 11.3. The van der Waals surface area contributed by atoms with Crippen LogP contribution in [0.5, 0.6) is 11.5 Å². The number of hydrogen-bond acceptors (Lipinski definition) is 6. The zero-order valence-corrected chi connectivity index (χ0v) is 12.0. The lowest BCUT2D eigenvalue weighted by molar-refractivity contribution is -0.145. The molecule has 0 spiro atoms. The maximum Gasteiger partial charge on any atom is 0.308 e. The molecule has 114 valence electrons. The molecule has 0 bridgehead atoms. The molecule has 1 saturated heterocycles. The van der Waals surface area contributed by atoms with Crippen molar-refractivity contribution in [1.29, 1.82) is 0 Å². The Kier molecular flexibility index (Phi) is 4.26. The summed E-state index contributed by atoms with van der Waals surface area (Å²) in [5.41, 5.74) is 1.16. The first-order valence-corrected chi connectivity index (χ1v) is 7.04. The van der Waals surface area contributed by atoms with Gasteiger partial charge >= 0.3 is 5.97 Å². The molecule has 0 saturated carbocycles. The first-order chi connectivity index (χ1) is 10.2. The second kappa shape index (κ2) is 6.32. The predicted octanol–water partition coefficient (Wildman–Crippen LogP) is 1.18. The Morgan fingerprint density at radius 1 is 1.38 bits per heavy atom. The van der Waals surface area contributed by atoms with Crippen LogP contribution >= 0.6 is 0 Å². The topological polar surface area (TPSA) is 57.2 Å². The third kappa shape index (κ3) is 3.46. The standard InChI is InChI=1S/C15H19NO5/c1-18-15(17)7-12-9-16(4-5-19-12)8-11-2-3-13-14(6-11)21-10-20-13/h2-3,6,12H,4-5,7-10H2,1H3. The summed E-state index contributed by atoms with van der Waals surface area (Å²) in [7, 11) is 1.40. The molecule has 0 aromatic heterocycles. The highest BCUT2D eigenvalue weighted by molar-refractivity contribution is 5.69. The number of hydrogen-bond donors (Lipinski definition) is 0. The Labute approximate surface area is 123 Å². The van der Waals surface area contributed by atoms with Crippen LogP contribution in [0.4, 0.5) is 0 Å². The maximum absolute atomic E-state index is 11.3. The predicted molar refractivity (Wildman–Crippen MR) is 74.2 cm³/mol. The van der Waals surface area contributed by atoms with Crippen LogP contribution in [0.1, 0.15) is 12.0 Å². The molecule has 1 fully saturated rings. The molecule has 2 heterocycles. The van der Waals surface area contributed by atoms with Crippen LogP contribution in [0, 0.1) is 0 Å². The second-order valence-electron chi connectivity index (χ2n) is 5.20. The van der Waals surface area contributed by atoms with E-state index < -0.39 is 0 Å². The first-order valence-electron chi connectivity index (χ1n) is 7.04. The fraction of sp³-hybridized carbons (Fsp3) is 0.533. The van der Waals surface area contributed by atoms with Crippen molar-refractivity contribution in [1.82, 2.24) is 4.90 Å². The van der Waals surface area contributed by atoms with Crippen LogP contribution in [-0.2, 0) is 20.8 Å². The van der Waals surface area contributed by atoms with Gasteiger partial charge in [-0.15, -0.1) is 0 Å². The molecule has 3 rings (SSSR count). The van der Waals surface area contributed by atoms with Gasteiger partial charge in [-0.3, -0.25) is 9.69 Å². The van der Waals surface area contributed by atoms with Gasteiger partial charge in [0.2, 0.25) is 6.79 Å². The van der Waals surface area contributed by atoms with Crippen LogP contribution in [0.3, 0.4) is 0 Å². The first kappa shape index (κ1) is 14.2. The fourth-order valence-electron chi connectivity index (χ4n) is 2.61. The van der Waals surface area contributed by atoms with Crippen LogP contribution in [0.15, 0.2) is 18.2 Å².